The van der Waals surface area contributed by atoms with Gasteiger partial charge in [0.05, 0.1) is 5.92 Å². The Hall–Kier alpha value is -1.06. The molecule has 2 aliphatic carbocycles. The lowest BCUT2D eigenvalue weighted by Crippen LogP contribution is -2.49. The third kappa shape index (κ3) is 1.49. The van der Waals surface area contributed by atoms with Gasteiger partial charge in [-0.2, -0.15) is 0 Å². The Morgan fingerprint density at radius 1 is 1.29 bits per heavy atom. The molecule has 0 aromatic heterocycles. The molecule has 2 saturated carbocycles. The van der Waals surface area contributed by atoms with Crippen molar-refractivity contribution in [2.45, 2.75) is 32.2 Å². The van der Waals surface area contributed by atoms with Crippen LogP contribution < -0.4 is 5.32 Å². The Morgan fingerprint density at radius 3 is 2.57 bits per heavy atom. The van der Waals surface area contributed by atoms with Gasteiger partial charge in [0, 0.05) is 13.0 Å². The zero-order valence-electron chi connectivity index (χ0n) is 8.19. The second-order valence-electron chi connectivity index (χ2n) is 4.47. The molecule has 0 bridgehead atoms. The lowest BCUT2D eigenvalue weighted by Gasteiger charge is -2.40. The highest BCUT2D eigenvalue weighted by Crippen LogP contribution is 2.49. The number of aliphatic carboxylic acids is 1. The average molecular weight is 197 g/mol. The second-order valence-corrected chi connectivity index (χ2v) is 4.47. The minimum atomic E-state index is -0.680. The number of carboxylic acids is 1. The van der Waals surface area contributed by atoms with Crippen LogP contribution in [0.25, 0.3) is 0 Å². The molecule has 2 aliphatic rings. The van der Waals surface area contributed by atoms with E-state index in [1.807, 2.05) is 0 Å². The van der Waals surface area contributed by atoms with Crippen molar-refractivity contribution in [3.63, 3.8) is 0 Å². The zero-order valence-corrected chi connectivity index (χ0v) is 8.19. The molecule has 4 heteroatoms. The number of carbonyl (C=O) groups is 2. The third-order valence-electron chi connectivity index (χ3n) is 3.56. The van der Waals surface area contributed by atoms with E-state index >= 15 is 0 Å². The van der Waals surface area contributed by atoms with Crippen LogP contribution >= 0.6 is 0 Å². The van der Waals surface area contributed by atoms with Gasteiger partial charge in [-0.15, -0.1) is 0 Å². The van der Waals surface area contributed by atoms with Crippen LogP contribution in [-0.4, -0.2) is 23.0 Å². The number of carboxylic acid groups (broad SMARTS) is 1. The normalized spacial score (nSPS) is 39.8. The summed E-state index contributed by atoms with van der Waals surface area (Å²) in [5.41, 5.74) is 0. The van der Waals surface area contributed by atoms with Crippen LogP contribution in [0.3, 0.4) is 0 Å². The van der Waals surface area contributed by atoms with E-state index in [0.717, 1.165) is 19.3 Å². The van der Waals surface area contributed by atoms with Crippen LogP contribution in [0.5, 0.6) is 0 Å². The van der Waals surface area contributed by atoms with Gasteiger partial charge < -0.3 is 10.4 Å². The number of fused-ring (bicyclic) bond motifs is 1. The Kier molecular flexibility index (Phi) is 2.21. The van der Waals surface area contributed by atoms with Gasteiger partial charge in [0.15, 0.2) is 0 Å². The summed E-state index contributed by atoms with van der Waals surface area (Å²) in [7, 11) is 0. The molecule has 1 unspecified atom stereocenters. The lowest BCUT2D eigenvalue weighted by molar-refractivity contribution is -0.141. The molecular formula is C10H15NO3. The number of hydrogen-bond acceptors (Lipinski definition) is 2. The predicted octanol–water partition coefficient (Wildman–Crippen LogP) is 0.622. The maximum atomic E-state index is 10.8. The zero-order chi connectivity index (χ0) is 10.3. The minimum Gasteiger partial charge on any atom is -0.481 e. The monoisotopic (exact) mass is 197 g/mol. The van der Waals surface area contributed by atoms with E-state index < -0.39 is 5.97 Å². The second kappa shape index (κ2) is 3.26. The average Bonchev–Trinajstić information content (AvgIpc) is 2.39. The van der Waals surface area contributed by atoms with Gasteiger partial charge in [0.25, 0.3) is 0 Å². The van der Waals surface area contributed by atoms with Crippen molar-refractivity contribution in [1.29, 1.82) is 0 Å². The maximum absolute atomic E-state index is 10.8. The van der Waals surface area contributed by atoms with Crippen LogP contribution in [-0.2, 0) is 9.59 Å². The topological polar surface area (TPSA) is 66.4 Å². The summed E-state index contributed by atoms with van der Waals surface area (Å²) < 4.78 is 0. The molecule has 4 nitrogen and oxygen atoms in total. The quantitative estimate of drug-likeness (QED) is 0.682. The van der Waals surface area contributed by atoms with Crippen LogP contribution in [0, 0.1) is 17.8 Å². The third-order valence-corrected chi connectivity index (χ3v) is 3.56. The van der Waals surface area contributed by atoms with E-state index in [4.69, 9.17) is 5.11 Å². The number of amides is 1. The number of rotatable bonds is 2. The van der Waals surface area contributed by atoms with Crippen molar-refractivity contribution in [3.05, 3.63) is 0 Å². The van der Waals surface area contributed by atoms with Crippen LogP contribution in [0.15, 0.2) is 0 Å². The highest BCUT2D eigenvalue weighted by Gasteiger charge is 2.49. The van der Waals surface area contributed by atoms with Crippen LogP contribution in [0.1, 0.15) is 26.2 Å². The van der Waals surface area contributed by atoms with Crippen molar-refractivity contribution in [3.8, 4) is 0 Å². The molecule has 0 aliphatic heterocycles. The molecule has 1 amide bonds. The van der Waals surface area contributed by atoms with Gasteiger partial charge in [0.1, 0.15) is 0 Å². The Labute approximate surface area is 82.7 Å². The van der Waals surface area contributed by atoms with Crippen molar-refractivity contribution in [1.82, 2.24) is 5.32 Å². The predicted molar refractivity (Wildman–Crippen MR) is 49.6 cm³/mol. The van der Waals surface area contributed by atoms with Gasteiger partial charge in [-0.1, -0.05) is 0 Å². The van der Waals surface area contributed by atoms with Crippen LogP contribution in [0.2, 0.25) is 0 Å². The van der Waals surface area contributed by atoms with E-state index in [-0.39, 0.29) is 17.9 Å². The van der Waals surface area contributed by atoms with Gasteiger partial charge >= 0.3 is 5.97 Å². The summed E-state index contributed by atoms with van der Waals surface area (Å²) in [5.74, 6) is 0.0879. The van der Waals surface area contributed by atoms with Crippen molar-refractivity contribution in [2.75, 3.05) is 0 Å². The first-order chi connectivity index (χ1) is 6.58. The number of nitrogens with one attached hydrogen (secondary N) is 1. The summed E-state index contributed by atoms with van der Waals surface area (Å²) in [6.45, 7) is 1.51. The molecule has 0 aromatic carbocycles. The van der Waals surface area contributed by atoms with Gasteiger partial charge in [-0.3, -0.25) is 9.59 Å². The summed E-state index contributed by atoms with van der Waals surface area (Å²) >= 11 is 0. The van der Waals surface area contributed by atoms with Gasteiger partial charge in [-0.05, 0) is 31.1 Å². The highest BCUT2D eigenvalue weighted by atomic mass is 16.4. The fourth-order valence-corrected chi connectivity index (χ4v) is 2.86. The lowest BCUT2D eigenvalue weighted by atomic mass is 9.71. The first-order valence-electron chi connectivity index (χ1n) is 5.08. The highest BCUT2D eigenvalue weighted by molar-refractivity contribution is 5.73. The van der Waals surface area contributed by atoms with Crippen molar-refractivity contribution < 1.29 is 14.7 Å². The maximum Gasteiger partial charge on any atom is 0.306 e. The largest absolute Gasteiger partial charge is 0.481 e. The standard InChI is InChI=1S/C10H15NO3/c1-5(12)11-9-4-6-2-7(10(13)14)3-8(6)9/h6-9H,2-4H2,1H3,(H,11,12)(H,13,14)/t6-,7?,8-,9-/m0/s1. The SMILES string of the molecule is CC(=O)N[C@H]1C[C@@H]2CC(C(=O)O)C[C@@H]21. The molecule has 2 fully saturated rings. The Balaban J connectivity index is 1.89. The molecule has 0 radical (unpaired) electrons. The smallest absolute Gasteiger partial charge is 0.306 e. The molecular weight excluding hydrogens is 182 g/mol. The molecule has 0 spiro atoms. The van der Waals surface area contributed by atoms with E-state index in [2.05, 4.69) is 5.32 Å². The Bertz CT molecular complexity index is 277. The molecule has 0 heterocycles. The summed E-state index contributed by atoms with van der Waals surface area (Å²) in [6, 6.07) is 0.238. The van der Waals surface area contributed by atoms with E-state index in [1.54, 1.807) is 0 Å². The van der Waals surface area contributed by atoms with Crippen LogP contribution in [0.4, 0.5) is 0 Å². The fourth-order valence-electron chi connectivity index (χ4n) is 2.86. The molecule has 0 aromatic rings. The first-order valence-corrected chi connectivity index (χ1v) is 5.08. The Morgan fingerprint density at radius 2 is 2.00 bits per heavy atom. The minimum absolute atomic E-state index is 0.00720. The summed E-state index contributed by atoms with van der Waals surface area (Å²) in [6.07, 6.45) is 2.51. The summed E-state index contributed by atoms with van der Waals surface area (Å²) in [5, 5.41) is 11.7. The molecule has 78 valence electrons. The van der Waals surface area contributed by atoms with Crippen molar-refractivity contribution in [2.24, 2.45) is 17.8 Å². The van der Waals surface area contributed by atoms with E-state index in [9.17, 15) is 9.59 Å². The van der Waals surface area contributed by atoms with E-state index in [1.165, 1.54) is 6.92 Å². The molecule has 4 atom stereocenters. The van der Waals surface area contributed by atoms with Gasteiger partial charge in [0.2, 0.25) is 5.91 Å². The molecule has 2 N–H and O–H groups in total. The number of hydrogen-bond donors (Lipinski definition) is 2. The first kappa shape index (κ1) is 9.49. The summed E-state index contributed by atoms with van der Waals surface area (Å²) in [4.78, 5) is 21.6. The number of carbonyl (C=O) groups excluding carboxylic acids is 1. The fraction of sp³-hybridized carbons (Fsp3) is 0.800. The van der Waals surface area contributed by atoms with Gasteiger partial charge in [-0.25, -0.2) is 0 Å². The van der Waals surface area contributed by atoms with Crippen molar-refractivity contribution >= 4 is 11.9 Å². The molecule has 14 heavy (non-hydrogen) atoms. The molecule has 2 rings (SSSR count). The molecule has 0 saturated heterocycles. The van der Waals surface area contributed by atoms with E-state index in [0.29, 0.717) is 11.8 Å².